The summed E-state index contributed by atoms with van der Waals surface area (Å²) in [6.07, 6.45) is 7.74. The second-order valence-corrected chi connectivity index (χ2v) is 7.15. The molecule has 3 rings (SSSR count). The summed E-state index contributed by atoms with van der Waals surface area (Å²) in [5.74, 6) is 0.708. The molecule has 6 nitrogen and oxygen atoms in total. The fraction of sp³-hybridized carbons (Fsp3) is 0.722. The molecule has 1 unspecified atom stereocenters. The zero-order valence-electron chi connectivity index (χ0n) is 14.6. The summed E-state index contributed by atoms with van der Waals surface area (Å²) < 4.78 is 5.42. The third-order valence-electron chi connectivity index (χ3n) is 5.43. The van der Waals surface area contributed by atoms with E-state index in [9.17, 15) is 9.59 Å². The maximum absolute atomic E-state index is 12.5. The van der Waals surface area contributed by atoms with E-state index in [2.05, 4.69) is 10.5 Å². The predicted molar refractivity (Wildman–Crippen MR) is 90.7 cm³/mol. The van der Waals surface area contributed by atoms with E-state index in [0.717, 1.165) is 43.5 Å². The summed E-state index contributed by atoms with van der Waals surface area (Å²) in [6.45, 7) is 4.76. The first-order valence-electron chi connectivity index (χ1n) is 9.08. The maximum Gasteiger partial charge on any atom is 0.234 e. The Bertz CT molecular complexity index is 605. The van der Waals surface area contributed by atoms with Crippen LogP contribution in [0.2, 0.25) is 0 Å². The van der Waals surface area contributed by atoms with Gasteiger partial charge in [0, 0.05) is 31.5 Å². The average Bonchev–Trinajstić information content (AvgIpc) is 2.96. The first-order valence-corrected chi connectivity index (χ1v) is 9.08. The topological polar surface area (TPSA) is 75.4 Å². The van der Waals surface area contributed by atoms with Crippen LogP contribution >= 0.6 is 0 Å². The Morgan fingerprint density at radius 1 is 1.17 bits per heavy atom. The van der Waals surface area contributed by atoms with Gasteiger partial charge in [0.05, 0.1) is 11.6 Å². The number of aromatic nitrogens is 1. The van der Waals surface area contributed by atoms with Gasteiger partial charge in [-0.2, -0.15) is 0 Å². The van der Waals surface area contributed by atoms with Gasteiger partial charge >= 0.3 is 0 Å². The molecule has 0 spiro atoms. The number of anilines is 1. The number of carbonyl (C=O) groups excluding carboxylic acids is 2. The number of nitrogens with one attached hydrogen (secondary N) is 1. The number of nitrogens with zero attached hydrogens (tertiary/aromatic N) is 2. The van der Waals surface area contributed by atoms with Crippen molar-refractivity contribution < 1.29 is 14.1 Å². The van der Waals surface area contributed by atoms with Gasteiger partial charge in [-0.1, -0.05) is 24.4 Å². The minimum Gasteiger partial charge on any atom is -0.342 e. The first-order chi connectivity index (χ1) is 11.6. The Morgan fingerprint density at radius 2 is 1.92 bits per heavy atom. The van der Waals surface area contributed by atoms with Crippen LogP contribution in [0.3, 0.4) is 0 Å². The van der Waals surface area contributed by atoms with Crippen molar-refractivity contribution in [2.24, 2.45) is 5.92 Å². The van der Waals surface area contributed by atoms with E-state index in [1.165, 1.54) is 19.3 Å². The lowest BCUT2D eigenvalue weighted by Crippen LogP contribution is -2.42. The van der Waals surface area contributed by atoms with Gasteiger partial charge < -0.3 is 9.42 Å². The molecule has 1 atom stereocenters. The van der Waals surface area contributed by atoms with Crippen molar-refractivity contribution in [3.05, 3.63) is 11.3 Å². The molecule has 1 aliphatic heterocycles. The SMILES string of the molecule is CC(=O)N1CCCC(C(=O)Nc2onc(C3CCCCC3)c2C)C1. The minimum absolute atomic E-state index is 0.0305. The molecule has 0 radical (unpaired) electrons. The maximum atomic E-state index is 12.5. The quantitative estimate of drug-likeness (QED) is 0.921. The molecule has 2 heterocycles. The normalized spacial score (nSPS) is 22.4. The zero-order valence-corrected chi connectivity index (χ0v) is 14.6. The van der Waals surface area contributed by atoms with Crippen LogP contribution in [0.4, 0.5) is 5.88 Å². The summed E-state index contributed by atoms with van der Waals surface area (Å²) in [5, 5.41) is 7.12. The van der Waals surface area contributed by atoms with Crippen molar-refractivity contribution in [3.8, 4) is 0 Å². The molecule has 2 amide bonds. The summed E-state index contributed by atoms with van der Waals surface area (Å²) in [5.41, 5.74) is 1.95. The molecule has 1 saturated carbocycles. The Morgan fingerprint density at radius 3 is 2.62 bits per heavy atom. The highest BCUT2D eigenvalue weighted by molar-refractivity contribution is 5.92. The number of rotatable bonds is 3. The van der Waals surface area contributed by atoms with E-state index in [0.29, 0.717) is 18.3 Å². The van der Waals surface area contributed by atoms with Gasteiger partial charge in [-0.3, -0.25) is 14.9 Å². The summed E-state index contributed by atoms with van der Waals surface area (Å²) in [6, 6.07) is 0. The molecule has 2 aliphatic rings. The van der Waals surface area contributed by atoms with Gasteiger partial charge in [0.1, 0.15) is 0 Å². The highest BCUT2D eigenvalue weighted by Crippen LogP contribution is 2.35. The van der Waals surface area contributed by atoms with Crippen LogP contribution < -0.4 is 5.32 Å². The van der Waals surface area contributed by atoms with Crippen molar-refractivity contribution in [2.45, 2.75) is 64.7 Å². The molecule has 132 valence electrons. The van der Waals surface area contributed by atoms with Gasteiger partial charge in [-0.25, -0.2) is 0 Å². The molecule has 6 heteroatoms. The van der Waals surface area contributed by atoms with E-state index in [1.54, 1.807) is 11.8 Å². The Hall–Kier alpha value is -1.85. The lowest BCUT2D eigenvalue weighted by atomic mass is 9.86. The molecule has 1 saturated heterocycles. The van der Waals surface area contributed by atoms with E-state index in [1.807, 2.05) is 6.92 Å². The van der Waals surface area contributed by atoms with Gasteiger partial charge in [0.2, 0.25) is 17.7 Å². The van der Waals surface area contributed by atoms with Crippen molar-refractivity contribution in [1.82, 2.24) is 10.1 Å². The monoisotopic (exact) mass is 333 g/mol. The highest BCUT2D eigenvalue weighted by atomic mass is 16.5. The first kappa shape index (κ1) is 17.0. The molecule has 1 aliphatic carbocycles. The molecule has 2 fully saturated rings. The lowest BCUT2D eigenvalue weighted by molar-refractivity contribution is -0.132. The van der Waals surface area contributed by atoms with E-state index < -0.39 is 0 Å². The lowest BCUT2D eigenvalue weighted by Gasteiger charge is -2.31. The zero-order chi connectivity index (χ0) is 17.1. The largest absolute Gasteiger partial charge is 0.342 e. The molecular weight excluding hydrogens is 306 g/mol. The summed E-state index contributed by atoms with van der Waals surface area (Å²) in [4.78, 5) is 25.8. The van der Waals surface area contributed by atoms with Gasteiger partial charge in [-0.15, -0.1) is 0 Å². The average molecular weight is 333 g/mol. The highest BCUT2D eigenvalue weighted by Gasteiger charge is 2.29. The van der Waals surface area contributed by atoms with E-state index >= 15 is 0 Å². The van der Waals surface area contributed by atoms with Crippen molar-refractivity contribution >= 4 is 17.7 Å². The van der Waals surface area contributed by atoms with E-state index in [-0.39, 0.29) is 17.7 Å². The van der Waals surface area contributed by atoms with Crippen LogP contribution in [-0.4, -0.2) is 35.0 Å². The summed E-state index contributed by atoms with van der Waals surface area (Å²) in [7, 11) is 0. The van der Waals surface area contributed by atoms with Crippen LogP contribution in [0.5, 0.6) is 0 Å². The Kier molecular flexibility index (Phi) is 5.21. The van der Waals surface area contributed by atoms with Gasteiger partial charge in [0.25, 0.3) is 0 Å². The van der Waals surface area contributed by atoms with Crippen molar-refractivity contribution in [1.29, 1.82) is 0 Å². The van der Waals surface area contributed by atoms with Crippen LogP contribution in [0, 0.1) is 12.8 Å². The molecule has 24 heavy (non-hydrogen) atoms. The second kappa shape index (κ2) is 7.36. The van der Waals surface area contributed by atoms with Crippen molar-refractivity contribution in [3.63, 3.8) is 0 Å². The number of hydrogen-bond acceptors (Lipinski definition) is 4. The van der Waals surface area contributed by atoms with E-state index in [4.69, 9.17) is 4.52 Å². The predicted octanol–water partition coefficient (Wildman–Crippen LogP) is 3.23. The smallest absolute Gasteiger partial charge is 0.234 e. The fourth-order valence-corrected chi connectivity index (χ4v) is 3.91. The van der Waals surface area contributed by atoms with Crippen LogP contribution in [0.1, 0.15) is 69.0 Å². The molecule has 1 N–H and O–H groups in total. The third-order valence-corrected chi connectivity index (χ3v) is 5.43. The third kappa shape index (κ3) is 3.62. The van der Waals surface area contributed by atoms with Crippen LogP contribution in [0.15, 0.2) is 4.52 Å². The minimum atomic E-state index is -0.176. The molecule has 1 aromatic heterocycles. The van der Waals surface area contributed by atoms with Gasteiger partial charge in [-0.05, 0) is 32.6 Å². The summed E-state index contributed by atoms with van der Waals surface area (Å²) >= 11 is 0. The molecule has 0 aromatic carbocycles. The van der Waals surface area contributed by atoms with Gasteiger partial charge in [0.15, 0.2) is 0 Å². The standard InChI is InChI=1S/C18H27N3O3/c1-12-16(14-7-4-3-5-8-14)20-24-18(12)19-17(23)15-9-6-10-21(11-15)13(2)22/h14-15H,3-11H2,1-2H3,(H,19,23). The second-order valence-electron chi connectivity index (χ2n) is 7.15. The number of carbonyl (C=O) groups is 2. The number of hydrogen-bond donors (Lipinski definition) is 1. The van der Waals surface area contributed by atoms with Crippen LogP contribution in [0.25, 0.3) is 0 Å². The van der Waals surface area contributed by atoms with Crippen LogP contribution in [-0.2, 0) is 9.59 Å². The van der Waals surface area contributed by atoms with Crippen molar-refractivity contribution in [2.75, 3.05) is 18.4 Å². The number of amides is 2. The number of piperidine rings is 1. The Labute approximate surface area is 142 Å². The number of likely N-dealkylation sites (tertiary alicyclic amines) is 1. The fourth-order valence-electron chi connectivity index (χ4n) is 3.91. The molecule has 1 aromatic rings. The molecular formula is C18H27N3O3. The Balaban J connectivity index is 1.64. The molecule has 0 bridgehead atoms.